The molecule has 2 rings (SSSR count). The molecule has 1 unspecified atom stereocenters. The fraction of sp³-hybridized carbons (Fsp3) is 0.278. The van der Waals surface area contributed by atoms with Crippen LogP contribution in [0, 0.1) is 25.2 Å². The van der Waals surface area contributed by atoms with Gasteiger partial charge in [-0.05, 0) is 54.8 Å². The van der Waals surface area contributed by atoms with Crippen LogP contribution in [0.3, 0.4) is 0 Å². The molecule has 0 N–H and O–H groups in total. The van der Waals surface area contributed by atoms with Crippen LogP contribution in [-0.2, 0) is 0 Å². The summed E-state index contributed by atoms with van der Waals surface area (Å²) in [5, 5.41) is 9.98. The summed E-state index contributed by atoms with van der Waals surface area (Å²) >= 11 is 5.87. The number of rotatable bonds is 5. The highest BCUT2D eigenvalue weighted by Gasteiger charge is 2.10. The van der Waals surface area contributed by atoms with Gasteiger partial charge in [-0.1, -0.05) is 29.8 Å². The second-order valence-electron chi connectivity index (χ2n) is 5.19. The molecule has 108 valence electrons. The number of nitriles is 1. The minimum Gasteiger partial charge on any atom is -0.494 e. The van der Waals surface area contributed by atoms with E-state index in [-0.39, 0.29) is 5.92 Å². The Bertz CT molecular complexity index is 623. The normalized spacial score (nSPS) is 11.7. The maximum absolute atomic E-state index is 9.30. The Morgan fingerprint density at radius 2 is 1.71 bits per heavy atom. The highest BCUT2D eigenvalue weighted by molar-refractivity contribution is 6.30. The Morgan fingerprint density at radius 3 is 2.29 bits per heavy atom. The van der Waals surface area contributed by atoms with Crippen LogP contribution >= 0.6 is 11.6 Å². The van der Waals surface area contributed by atoms with Crippen LogP contribution in [0.15, 0.2) is 42.5 Å². The number of aryl methyl sites for hydroxylation is 2. The van der Waals surface area contributed by atoms with E-state index in [1.165, 1.54) is 11.1 Å². The molecule has 0 spiro atoms. The van der Waals surface area contributed by atoms with E-state index in [2.05, 4.69) is 12.1 Å². The van der Waals surface area contributed by atoms with Crippen molar-refractivity contribution in [1.29, 1.82) is 5.26 Å². The van der Waals surface area contributed by atoms with Crippen LogP contribution < -0.4 is 4.74 Å². The SMILES string of the molecule is Cc1cc(C)cc(OCCC(C#N)c2ccc(Cl)cc2)c1. The van der Waals surface area contributed by atoms with Gasteiger partial charge >= 0.3 is 0 Å². The van der Waals surface area contributed by atoms with E-state index < -0.39 is 0 Å². The molecule has 2 aromatic carbocycles. The molecule has 3 heteroatoms. The summed E-state index contributed by atoms with van der Waals surface area (Å²) in [6.45, 7) is 4.61. The fourth-order valence-electron chi connectivity index (χ4n) is 2.31. The third kappa shape index (κ3) is 4.51. The van der Waals surface area contributed by atoms with Gasteiger partial charge in [0.05, 0.1) is 18.6 Å². The summed E-state index contributed by atoms with van der Waals surface area (Å²) in [5.41, 5.74) is 3.34. The standard InChI is InChI=1S/C18H18ClNO/c1-13-9-14(2)11-18(10-13)21-8-7-16(12-20)15-3-5-17(19)6-4-15/h3-6,9-11,16H,7-8H2,1-2H3. The van der Waals surface area contributed by atoms with E-state index in [1.807, 2.05) is 50.2 Å². The quantitative estimate of drug-likeness (QED) is 0.775. The van der Waals surface area contributed by atoms with Gasteiger partial charge < -0.3 is 4.74 Å². The average Bonchev–Trinajstić information content (AvgIpc) is 2.44. The first-order valence-electron chi connectivity index (χ1n) is 6.94. The van der Waals surface area contributed by atoms with Gasteiger partial charge in [0, 0.05) is 11.4 Å². The number of benzene rings is 2. The van der Waals surface area contributed by atoms with Gasteiger partial charge in [-0.15, -0.1) is 0 Å². The number of halogens is 1. The molecule has 0 aromatic heterocycles. The van der Waals surface area contributed by atoms with E-state index in [9.17, 15) is 5.26 Å². The van der Waals surface area contributed by atoms with Gasteiger partial charge in [0.2, 0.25) is 0 Å². The summed E-state index contributed by atoms with van der Waals surface area (Å²) in [5.74, 6) is 0.688. The molecule has 0 heterocycles. The molecule has 1 atom stereocenters. The van der Waals surface area contributed by atoms with Gasteiger partial charge in [0.1, 0.15) is 5.75 Å². The monoisotopic (exact) mass is 299 g/mol. The molecule has 0 amide bonds. The number of nitrogens with zero attached hydrogens (tertiary/aromatic N) is 1. The highest BCUT2D eigenvalue weighted by atomic mass is 35.5. The van der Waals surface area contributed by atoms with Gasteiger partial charge in [0.15, 0.2) is 0 Å². The molecule has 0 saturated carbocycles. The van der Waals surface area contributed by atoms with E-state index in [1.54, 1.807) is 0 Å². The van der Waals surface area contributed by atoms with Crippen LogP contribution in [0.25, 0.3) is 0 Å². The molecule has 0 fully saturated rings. The third-order valence-corrected chi connectivity index (χ3v) is 3.55. The van der Waals surface area contributed by atoms with Crippen molar-refractivity contribution in [2.75, 3.05) is 6.61 Å². The Labute approximate surface area is 130 Å². The topological polar surface area (TPSA) is 33.0 Å². The Balaban J connectivity index is 1.95. The van der Waals surface area contributed by atoms with Crippen LogP contribution in [-0.4, -0.2) is 6.61 Å². The molecule has 21 heavy (non-hydrogen) atoms. The average molecular weight is 300 g/mol. The predicted molar refractivity (Wildman–Crippen MR) is 85.8 cm³/mol. The van der Waals surface area contributed by atoms with Crippen molar-refractivity contribution in [3.63, 3.8) is 0 Å². The summed E-state index contributed by atoms with van der Waals surface area (Å²) in [4.78, 5) is 0. The lowest BCUT2D eigenvalue weighted by molar-refractivity contribution is 0.305. The lowest BCUT2D eigenvalue weighted by Crippen LogP contribution is -2.04. The van der Waals surface area contributed by atoms with E-state index >= 15 is 0 Å². The lowest BCUT2D eigenvalue weighted by Gasteiger charge is -2.12. The van der Waals surface area contributed by atoms with Gasteiger partial charge in [-0.3, -0.25) is 0 Å². The largest absolute Gasteiger partial charge is 0.494 e. The van der Waals surface area contributed by atoms with E-state index in [4.69, 9.17) is 16.3 Å². The molecule has 0 radical (unpaired) electrons. The first-order valence-corrected chi connectivity index (χ1v) is 7.32. The molecule has 2 nitrogen and oxygen atoms in total. The minimum atomic E-state index is -0.173. The van der Waals surface area contributed by atoms with Crippen molar-refractivity contribution in [2.45, 2.75) is 26.2 Å². The number of hydrogen-bond acceptors (Lipinski definition) is 2. The van der Waals surface area contributed by atoms with E-state index in [0.29, 0.717) is 18.1 Å². The molecule has 0 aliphatic rings. The molecular formula is C18H18ClNO. The molecule has 0 bridgehead atoms. The lowest BCUT2D eigenvalue weighted by atomic mass is 9.98. The zero-order valence-electron chi connectivity index (χ0n) is 12.3. The highest BCUT2D eigenvalue weighted by Crippen LogP contribution is 2.22. The molecule has 0 aliphatic heterocycles. The molecule has 2 aromatic rings. The minimum absolute atomic E-state index is 0.173. The maximum Gasteiger partial charge on any atom is 0.119 e. The fourth-order valence-corrected chi connectivity index (χ4v) is 2.44. The van der Waals surface area contributed by atoms with Crippen molar-refractivity contribution in [2.24, 2.45) is 0 Å². The number of hydrogen-bond donors (Lipinski definition) is 0. The smallest absolute Gasteiger partial charge is 0.119 e. The van der Waals surface area contributed by atoms with Gasteiger partial charge in [-0.25, -0.2) is 0 Å². The zero-order valence-corrected chi connectivity index (χ0v) is 13.0. The summed E-state index contributed by atoms with van der Waals surface area (Å²) in [6.07, 6.45) is 0.658. The first-order chi connectivity index (χ1) is 10.1. The second kappa shape index (κ2) is 7.15. The predicted octanol–water partition coefficient (Wildman–Crippen LogP) is 5.03. The summed E-state index contributed by atoms with van der Waals surface area (Å²) < 4.78 is 5.77. The van der Waals surface area contributed by atoms with Gasteiger partial charge in [0.25, 0.3) is 0 Å². The Hall–Kier alpha value is -1.98. The third-order valence-electron chi connectivity index (χ3n) is 3.30. The van der Waals surface area contributed by atoms with Crippen LogP contribution in [0.1, 0.15) is 29.0 Å². The van der Waals surface area contributed by atoms with Crippen molar-refractivity contribution >= 4 is 11.6 Å². The number of ether oxygens (including phenoxy) is 1. The summed E-state index contributed by atoms with van der Waals surface area (Å²) in [7, 11) is 0. The second-order valence-corrected chi connectivity index (χ2v) is 5.63. The maximum atomic E-state index is 9.30. The van der Waals surface area contributed by atoms with Crippen molar-refractivity contribution in [3.05, 3.63) is 64.2 Å². The van der Waals surface area contributed by atoms with Crippen LogP contribution in [0.2, 0.25) is 5.02 Å². The van der Waals surface area contributed by atoms with Crippen LogP contribution in [0.4, 0.5) is 0 Å². The van der Waals surface area contributed by atoms with Crippen LogP contribution in [0.5, 0.6) is 5.75 Å². The van der Waals surface area contributed by atoms with E-state index in [0.717, 1.165) is 11.3 Å². The zero-order chi connectivity index (χ0) is 15.2. The van der Waals surface area contributed by atoms with Gasteiger partial charge in [-0.2, -0.15) is 5.26 Å². The first kappa shape index (κ1) is 15.4. The van der Waals surface area contributed by atoms with Crippen molar-refractivity contribution in [3.8, 4) is 11.8 Å². The Kier molecular flexibility index (Phi) is 5.25. The molecule has 0 saturated heterocycles. The Morgan fingerprint density at radius 1 is 1.10 bits per heavy atom. The van der Waals surface area contributed by atoms with Crippen molar-refractivity contribution in [1.82, 2.24) is 0 Å². The van der Waals surface area contributed by atoms with Crippen molar-refractivity contribution < 1.29 is 4.74 Å². The molecule has 0 aliphatic carbocycles. The molecular weight excluding hydrogens is 282 g/mol. The summed E-state index contributed by atoms with van der Waals surface area (Å²) in [6, 6.07) is 15.9.